The first-order chi connectivity index (χ1) is 40.5. The second kappa shape index (κ2) is 68.3. The number of allylic oxidation sites excluding steroid dienone is 28. The van der Waals surface area contributed by atoms with Gasteiger partial charge in [0.05, 0.1) is 0 Å². The smallest absolute Gasteiger partial charge is 0.306 e. The summed E-state index contributed by atoms with van der Waals surface area (Å²) in [7, 11) is 0. The van der Waals surface area contributed by atoms with Gasteiger partial charge in [0.2, 0.25) is 0 Å². The molecule has 0 aliphatic rings. The van der Waals surface area contributed by atoms with E-state index in [9.17, 15) is 14.4 Å². The highest BCUT2D eigenvalue weighted by Gasteiger charge is 2.19. The van der Waals surface area contributed by atoms with Gasteiger partial charge in [-0.3, -0.25) is 14.4 Å². The zero-order chi connectivity index (χ0) is 59.2. The Morgan fingerprint density at radius 1 is 0.256 bits per heavy atom. The molecule has 0 spiro atoms. The maximum Gasteiger partial charge on any atom is 0.306 e. The fourth-order valence-electron chi connectivity index (χ4n) is 8.58. The predicted molar refractivity (Wildman–Crippen MR) is 357 cm³/mol. The van der Waals surface area contributed by atoms with Crippen LogP contribution in [0.4, 0.5) is 0 Å². The summed E-state index contributed by atoms with van der Waals surface area (Å²) in [5, 5.41) is 0. The molecule has 0 aromatic rings. The average Bonchev–Trinajstić information content (AvgIpc) is 3.48. The standard InChI is InChI=1S/C76H120O6/c1-4-7-10-13-16-19-22-24-26-28-30-32-34-36-37-38-39-41-42-44-46-48-50-52-54-57-60-63-66-69-75(78)81-72-73(71-80-74(77)68-65-62-59-56-21-18-15-12-9-6-3)82-76(79)70-67-64-61-58-55-53-51-49-47-45-43-40-35-33-31-29-27-25-23-20-17-14-11-8-5-2/h7-8,10-11,16-17,19-20,24-27,30-33,36-37,39-41,43-44,46-47,49-50,52,73H,4-6,9,12-15,18,21-23,28-29,34-35,38,42,45,48,51,53-72H2,1-3H3/b10-7-,11-8-,19-16-,20-17-,26-24-,27-25-,32-30-,33-31-,37-36-,41-39-,43-40-,46-44-,49-47-,52-50-. The molecule has 0 bridgehead atoms. The minimum absolute atomic E-state index is 0.0981. The maximum absolute atomic E-state index is 12.9. The van der Waals surface area contributed by atoms with E-state index >= 15 is 0 Å². The minimum atomic E-state index is -0.805. The Balaban J connectivity index is 4.38. The second-order valence-electron chi connectivity index (χ2n) is 21.3. The van der Waals surface area contributed by atoms with Crippen LogP contribution in [0.3, 0.4) is 0 Å². The highest BCUT2D eigenvalue weighted by atomic mass is 16.6. The molecule has 1 atom stereocenters. The van der Waals surface area contributed by atoms with E-state index in [4.69, 9.17) is 14.2 Å². The topological polar surface area (TPSA) is 78.9 Å². The quantitative estimate of drug-likeness (QED) is 0.0261. The van der Waals surface area contributed by atoms with E-state index in [-0.39, 0.29) is 31.1 Å². The monoisotopic (exact) mass is 1130 g/mol. The van der Waals surface area contributed by atoms with Crippen molar-refractivity contribution < 1.29 is 28.6 Å². The Kier molecular flexibility index (Phi) is 63.9. The van der Waals surface area contributed by atoms with Crippen LogP contribution in [0.5, 0.6) is 0 Å². The molecule has 0 N–H and O–H groups in total. The molecule has 0 radical (unpaired) electrons. The third kappa shape index (κ3) is 65.6. The first-order valence-electron chi connectivity index (χ1n) is 33.1. The van der Waals surface area contributed by atoms with Gasteiger partial charge in [-0.05, 0) is 135 Å². The van der Waals surface area contributed by atoms with Crippen LogP contribution in [0.2, 0.25) is 0 Å². The zero-order valence-electron chi connectivity index (χ0n) is 52.7. The minimum Gasteiger partial charge on any atom is -0.462 e. The summed E-state index contributed by atoms with van der Waals surface area (Å²) in [6.07, 6.45) is 101. The van der Waals surface area contributed by atoms with Crippen LogP contribution in [0.25, 0.3) is 0 Å². The summed E-state index contributed by atoms with van der Waals surface area (Å²) in [4.78, 5) is 38.3. The van der Waals surface area contributed by atoms with E-state index < -0.39 is 6.10 Å². The lowest BCUT2D eigenvalue weighted by molar-refractivity contribution is -0.167. The van der Waals surface area contributed by atoms with Crippen molar-refractivity contribution in [3.63, 3.8) is 0 Å². The van der Waals surface area contributed by atoms with Crippen LogP contribution in [-0.2, 0) is 28.6 Å². The Labute approximate surface area is 504 Å². The van der Waals surface area contributed by atoms with Gasteiger partial charge in [0.25, 0.3) is 0 Å². The van der Waals surface area contributed by atoms with Gasteiger partial charge in [-0.15, -0.1) is 0 Å². The molecule has 460 valence electrons. The van der Waals surface area contributed by atoms with Crippen LogP contribution in [0.15, 0.2) is 170 Å². The van der Waals surface area contributed by atoms with Gasteiger partial charge >= 0.3 is 17.9 Å². The van der Waals surface area contributed by atoms with Crippen molar-refractivity contribution in [3.05, 3.63) is 170 Å². The first-order valence-corrected chi connectivity index (χ1v) is 33.1. The van der Waals surface area contributed by atoms with Gasteiger partial charge < -0.3 is 14.2 Å². The number of carbonyl (C=O) groups excluding carboxylic acids is 3. The SMILES string of the molecule is CC/C=C\C/C=C\C/C=C\C/C=C\C/C=C\C/C=C\C/C=C\C/C=C\CCCCCCC(=O)OCC(COC(=O)CCCCCCCCCCCC)OC(=O)CCCCCCCC/C=C\C/C=C\C/C=C\C/C=C\C/C=C\C/C=C\CC. The highest BCUT2D eigenvalue weighted by molar-refractivity contribution is 5.71. The van der Waals surface area contributed by atoms with Crippen LogP contribution in [0, 0.1) is 0 Å². The zero-order valence-corrected chi connectivity index (χ0v) is 52.7. The molecule has 0 saturated heterocycles. The molecule has 1 unspecified atom stereocenters. The van der Waals surface area contributed by atoms with Gasteiger partial charge in [0, 0.05) is 19.3 Å². The molecular formula is C76H120O6. The molecule has 0 rings (SSSR count). The summed E-state index contributed by atoms with van der Waals surface area (Å²) in [6.45, 7) is 6.36. The van der Waals surface area contributed by atoms with Crippen LogP contribution >= 0.6 is 0 Å². The first kappa shape index (κ1) is 76.8. The molecule has 0 saturated carbocycles. The van der Waals surface area contributed by atoms with Crippen LogP contribution < -0.4 is 0 Å². The molecule has 0 amide bonds. The number of hydrogen-bond acceptors (Lipinski definition) is 6. The van der Waals surface area contributed by atoms with Crippen molar-refractivity contribution in [1.82, 2.24) is 0 Å². The van der Waals surface area contributed by atoms with Crippen molar-refractivity contribution in [1.29, 1.82) is 0 Å². The molecule has 0 aliphatic carbocycles. The van der Waals surface area contributed by atoms with Gasteiger partial charge in [0.1, 0.15) is 13.2 Å². The summed E-state index contributed by atoms with van der Waals surface area (Å²) in [5.74, 6) is -0.944. The Hall–Kier alpha value is -5.23. The van der Waals surface area contributed by atoms with E-state index in [0.29, 0.717) is 19.3 Å². The number of ether oxygens (including phenoxy) is 3. The molecular weight excluding hydrogens is 1010 g/mol. The fraction of sp³-hybridized carbons (Fsp3) is 0.592. The molecule has 82 heavy (non-hydrogen) atoms. The number of unbranched alkanes of at least 4 members (excludes halogenated alkanes) is 19. The number of hydrogen-bond donors (Lipinski definition) is 0. The van der Waals surface area contributed by atoms with E-state index in [2.05, 4.69) is 191 Å². The third-order valence-electron chi connectivity index (χ3n) is 13.5. The van der Waals surface area contributed by atoms with E-state index in [1.807, 2.05) is 0 Å². The van der Waals surface area contributed by atoms with Gasteiger partial charge in [-0.1, -0.05) is 287 Å². The number of carbonyl (C=O) groups is 3. The Bertz CT molecular complexity index is 1870. The summed E-state index contributed by atoms with van der Waals surface area (Å²) >= 11 is 0. The van der Waals surface area contributed by atoms with Gasteiger partial charge in [0.15, 0.2) is 6.10 Å². The van der Waals surface area contributed by atoms with E-state index in [0.717, 1.165) is 173 Å². The Morgan fingerprint density at radius 2 is 0.476 bits per heavy atom. The predicted octanol–water partition coefficient (Wildman–Crippen LogP) is 23.0. The number of rotatable bonds is 58. The number of esters is 3. The molecule has 6 nitrogen and oxygen atoms in total. The van der Waals surface area contributed by atoms with Crippen LogP contribution in [-0.4, -0.2) is 37.2 Å². The normalized spacial score (nSPS) is 13.3. The third-order valence-corrected chi connectivity index (χ3v) is 13.5. The molecule has 0 aromatic heterocycles. The van der Waals surface area contributed by atoms with Crippen molar-refractivity contribution in [2.24, 2.45) is 0 Å². The lowest BCUT2D eigenvalue weighted by atomic mass is 10.1. The lowest BCUT2D eigenvalue weighted by Gasteiger charge is -2.18. The fourth-order valence-corrected chi connectivity index (χ4v) is 8.58. The van der Waals surface area contributed by atoms with Crippen molar-refractivity contribution >= 4 is 17.9 Å². The molecule has 0 aromatic carbocycles. The van der Waals surface area contributed by atoms with Crippen molar-refractivity contribution in [3.8, 4) is 0 Å². The highest BCUT2D eigenvalue weighted by Crippen LogP contribution is 2.14. The maximum atomic E-state index is 12.9. The molecule has 6 heteroatoms. The lowest BCUT2D eigenvalue weighted by Crippen LogP contribution is -2.30. The summed E-state index contributed by atoms with van der Waals surface area (Å²) in [6, 6.07) is 0. The second-order valence-corrected chi connectivity index (χ2v) is 21.3. The van der Waals surface area contributed by atoms with Crippen molar-refractivity contribution in [2.45, 2.75) is 277 Å². The molecule has 0 aliphatic heterocycles. The van der Waals surface area contributed by atoms with Crippen LogP contribution in [0.1, 0.15) is 271 Å². The summed E-state index contributed by atoms with van der Waals surface area (Å²) in [5.41, 5.74) is 0. The average molecular weight is 1130 g/mol. The molecule has 0 fully saturated rings. The van der Waals surface area contributed by atoms with Gasteiger partial charge in [-0.25, -0.2) is 0 Å². The summed E-state index contributed by atoms with van der Waals surface area (Å²) < 4.78 is 16.9. The van der Waals surface area contributed by atoms with E-state index in [1.54, 1.807) is 0 Å². The van der Waals surface area contributed by atoms with Gasteiger partial charge in [-0.2, -0.15) is 0 Å². The molecule has 0 heterocycles. The Morgan fingerprint density at radius 3 is 0.744 bits per heavy atom. The van der Waals surface area contributed by atoms with Crippen molar-refractivity contribution in [2.75, 3.05) is 13.2 Å². The largest absolute Gasteiger partial charge is 0.462 e. The van der Waals surface area contributed by atoms with E-state index in [1.165, 1.54) is 57.8 Å².